The Kier molecular flexibility index (Phi) is 9.09. The van der Waals surface area contributed by atoms with E-state index in [0.717, 1.165) is 11.4 Å². The molecule has 0 unspecified atom stereocenters. The minimum absolute atomic E-state index is 0.0436. The normalized spacial score (nSPS) is 13.5. The number of hydrogen-bond acceptors (Lipinski definition) is 1. The highest BCUT2D eigenvalue weighted by Gasteiger charge is 2.46. The molecule has 0 N–H and O–H groups in total. The fourth-order valence-corrected chi connectivity index (χ4v) is 10.4. The molecule has 0 heterocycles. The summed E-state index contributed by atoms with van der Waals surface area (Å²) < 4.78 is 0. The predicted octanol–water partition coefficient (Wildman–Crippen LogP) is 16.3. The molecule has 1 saturated carbocycles. The van der Waals surface area contributed by atoms with Gasteiger partial charge in [0.05, 0.1) is 11.4 Å². The maximum atomic E-state index is 2.58. The van der Waals surface area contributed by atoms with Crippen molar-refractivity contribution in [3.63, 3.8) is 0 Å². The average molecular weight is 768 g/mol. The van der Waals surface area contributed by atoms with Crippen LogP contribution in [0.4, 0.5) is 17.1 Å². The minimum atomic E-state index is 0.0436. The third-order valence-corrected chi connectivity index (χ3v) is 13.0. The molecule has 1 nitrogen and oxygen atoms in total. The third-order valence-electron chi connectivity index (χ3n) is 13.0. The van der Waals surface area contributed by atoms with Crippen molar-refractivity contribution in [2.24, 2.45) is 0 Å². The van der Waals surface area contributed by atoms with Crippen molar-refractivity contribution in [1.82, 2.24) is 0 Å². The molecular formula is C59H45N. The van der Waals surface area contributed by atoms with E-state index >= 15 is 0 Å². The van der Waals surface area contributed by atoms with Gasteiger partial charge in [-0.3, -0.25) is 0 Å². The fraction of sp³-hybridized carbons (Fsp3) is 0.0847. The topological polar surface area (TPSA) is 3.24 Å². The molecule has 0 bridgehead atoms. The smallest absolute Gasteiger partial charge is 0.0543 e. The Morgan fingerprint density at radius 1 is 0.300 bits per heavy atom. The van der Waals surface area contributed by atoms with E-state index in [9.17, 15) is 0 Å². The molecule has 0 amide bonds. The van der Waals surface area contributed by atoms with Crippen molar-refractivity contribution in [3.05, 3.63) is 236 Å². The number of anilines is 3. The van der Waals surface area contributed by atoms with Crippen LogP contribution in [0, 0.1) is 0 Å². The number of para-hydroxylation sites is 1. The van der Waals surface area contributed by atoms with E-state index in [1.165, 1.54) is 109 Å². The Morgan fingerprint density at radius 3 is 1.35 bits per heavy atom. The van der Waals surface area contributed by atoms with E-state index < -0.39 is 0 Å². The monoisotopic (exact) mass is 767 g/mol. The van der Waals surface area contributed by atoms with E-state index in [4.69, 9.17) is 0 Å². The number of nitrogens with zero attached hydrogens (tertiary/aromatic N) is 1. The summed E-state index contributed by atoms with van der Waals surface area (Å²) in [6.45, 7) is 0. The lowest BCUT2D eigenvalue weighted by Gasteiger charge is -2.32. The van der Waals surface area contributed by atoms with Gasteiger partial charge in [-0.15, -0.1) is 0 Å². The molecule has 9 aromatic rings. The van der Waals surface area contributed by atoms with Crippen LogP contribution in [0.5, 0.6) is 0 Å². The molecule has 1 fully saturated rings. The average Bonchev–Trinajstić information content (AvgIpc) is 3.94. The van der Waals surface area contributed by atoms with Crippen molar-refractivity contribution in [3.8, 4) is 66.8 Å². The summed E-state index contributed by atoms with van der Waals surface area (Å²) >= 11 is 0. The Morgan fingerprint density at radius 2 is 0.733 bits per heavy atom. The molecule has 11 rings (SSSR count). The van der Waals surface area contributed by atoms with E-state index in [0.29, 0.717) is 0 Å². The summed E-state index contributed by atoms with van der Waals surface area (Å²) in [5.41, 5.74) is 21.2. The van der Waals surface area contributed by atoms with E-state index in [2.05, 4.69) is 229 Å². The second-order valence-corrected chi connectivity index (χ2v) is 16.3. The Bertz CT molecular complexity index is 2920. The predicted molar refractivity (Wildman–Crippen MR) is 253 cm³/mol. The van der Waals surface area contributed by atoms with Crippen LogP contribution in [0.3, 0.4) is 0 Å². The van der Waals surface area contributed by atoms with Gasteiger partial charge in [0.1, 0.15) is 0 Å². The highest BCUT2D eigenvalue weighted by Crippen LogP contribution is 2.60. The lowest BCUT2D eigenvalue weighted by atomic mass is 9.77. The van der Waals surface area contributed by atoms with E-state index in [1.807, 2.05) is 0 Å². The number of fused-ring (bicyclic) bond motifs is 5. The van der Waals surface area contributed by atoms with Crippen molar-refractivity contribution >= 4 is 17.1 Å². The molecule has 0 aromatic heterocycles. The maximum Gasteiger partial charge on any atom is 0.0543 e. The van der Waals surface area contributed by atoms with Crippen LogP contribution in [-0.2, 0) is 5.41 Å². The molecule has 1 heteroatoms. The van der Waals surface area contributed by atoms with Gasteiger partial charge in [-0.25, -0.2) is 0 Å². The van der Waals surface area contributed by atoms with Gasteiger partial charge < -0.3 is 4.90 Å². The standard InChI is InChI=1S/C59H45N/c1-4-21-42(22-5-1)45-39-46(43-23-6-2-7-24-43)41-47(40-45)60(57-36-20-34-55-58(57)53-32-14-16-33-54(53)59(55)37-18-19-38-59)56-35-17-15-31-52(56)51-30-13-12-29-50(51)49-28-11-10-27-48(49)44-25-8-3-9-26-44/h1-17,20-36,39-41H,18-19,37-38H2. The Hall–Kier alpha value is -7.22. The van der Waals surface area contributed by atoms with Gasteiger partial charge in [-0.1, -0.05) is 207 Å². The molecule has 1 spiro atoms. The minimum Gasteiger partial charge on any atom is -0.309 e. The van der Waals surface area contributed by atoms with Gasteiger partial charge in [0.25, 0.3) is 0 Å². The first-order valence-electron chi connectivity index (χ1n) is 21.4. The first-order valence-corrected chi connectivity index (χ1v) is 21.4. The van der Waals surface area contributed by atoms with Gasteiger partial charge in [0.15, 0.2) is 0 Å². The molecule has 60 heavy (non-hydrogen) atoms. The second kappa shape index (κ2) is 15.2. The van der Waals surface area contributed by atoms with Crippen LogP contribution < -0.4 is 4.90 Å². The molecule has 0 radical (unpaired) electrons. The van der Waals surface area contributed by atoms with Gasteiger partial charge >= 0.3 is 0 Å². The van der Waals surface area contributed by atoms with Crippen molar-refractivity contribution in [1.29, 1.82) is 0 Å². The summed E-state index contributed by atoms with van der Waals surface area (Å²) in [5.74, 6) is 0. The molecule has 2 aliphatic rings. The zero-order valence-corrected chi connectivity index (χ0v) is 33.6. The molecular weight excluding hydrogens is 723 g/mol. The van der Waals surface area contributed by atoms with Gasteiger partial charge in [0, 0.05) is 22.2 Å². The zero-order chi connectivity index (χ0) is 39.9. The molecule has 9 aromatic carbocycles. The van der Waals surface area contributed by atoms with Gasteiger partial charge in [-0.05, 0) is 110 Å². The van der Waals surface area contributed by atoms with Crippen LogP contribution >= 0.6 is 0 Å². The largest absolute Gasteiger partial charge is 0.309 e. The number of hydrogen-bond donors (Lipinski definition) is 0. The van der Waals surface area contributed by atoms with Crippen molar-refractivity contribution < 1.29 is 0 Å². The highest BCUT2D eigenvalue weighted by atomic mass is 15.1. The van der Waals surface area contributed by atoms with Crippen molar-refractivity contribution in [2.45, 2.75) is 31.1 Å². The number of rotatable bonds is 8. The lowest BCUT2D eigenvalue weighted by molar-refractivity contribution is 0.550. The van der Waals surface area contributed by atoms with Crippen molar-refractivity contribution in [2.75, 3.05) is 4.90 Å². The van der Waals surface area contributed by atoms with Crippen LogP contribution in [0.1, 0.15) is 36.8 Å². The van der Waals surface area contributed by atoms with Crippen LogP contribution in [0.25, 0.3) is 66.8 Å². The number of benzene rings is 9. The first-order chi connectivity index (χ1) is 29.8. The summed E-state index contributed by atoms with van der Waals surface area (Å²) in [7, 11) is 0. The fourth-order valence-electron chi connectivity index (χ4n) is 10.4. The summed E-state index contributed by atoms with van der Waals surface area (Å²) in [4.78, 5) is 2.58. The first kappa shape index (κ1) is 35.9. The molecule has 2 aliphatic carbocycles. The summed E-state index contributed by atoms with van der Waals surface area (Å²) in [5, 5.41) is 0. The highest BCUT2D eigenvalue weighted by molar-refractivity contribution is 6.01. The lowest BCUT2D eigenvalue weighted by Crippen LogP contribution is -2.20. The maximum absolute atomic E-state index is 2.58. The quantitative estimate of drug-likeness (QED) is 0.149. The summed E-state index contributed by atoms with van der Waals surface area (Å²) in [6.07, 6.45) is 4.89. The third kappa shape index (κ3) is 6.09. The SMILES string of the molecule is c1ccc(-c2cc(-c3ccccc3)cc(N(c3ccccc3-c3ccccc3-c3ccccc3-c3ccccc3)c3cccc4c3-c3ccccc3C43CCCC3)c2)cc1. The summed E-state index contributed by atoms with van der Waals surface area (Å²) in [6, 6.07) is 82.9. The second-order valence-electron chi connectivity index (χ2n) is 16.3. The molecule has 0 aliphatic heterocycles. The zero-order valence-electron chi connectivity index (χ0n) is 33.6. The van der Waals surface area contributed by atoms with Gasteiger partial charge in [-0.2, -0.15) is 0 Å². The van der Waals surface area contributed by atoms with E-state index in [1.54, 1.807) is 0 Å². The Balaban J connectivity index is 1.20. The van der Waals surface area contributed by atoms with Crippen LogP contribution in [0.2, 0.25) is 0 Å². The molecule has 286 valence electrons. The Labute approximate surface area is 353 Å². The van der Waals surface area contributed by atoms with Crippen LogP contribution in [0.15, 0.2) is 224 Å². The van der Waals surface area contributed by atoms with Gasteiger partial charge in [0.2, 0.25) is 0 Å². The molecule has 0 atom stereocenters. The molecule has 0 saturated heterocycles. The van der Waals surface area contributed by atoms with Crippen LogP contribution in [-0.4, -0.2) is 0 Å². The van der Waals surface area contributed by atoms with E-state index in [-0.39, 0.29) is 5.41 Å².